The molecule has 2 rings (SSSR count). The zero-order valence-corrected chi connectivity index (χ0v) is 12.4. The van der Waals surface area contributed by atoms with E-state index < -0.39 is 30.2 Å². The van der Waals surface area contributed by atoms with E-state index in [1.54, 1.807) is 5.38 Å². The highest BCUT2D eigenvalue weighted by molar-refractivity contribution is 7.13. The molecule has 0 saturated carbocycles. The number of amides is 1. The van der Waals surface area contributed by atoms with Crippen molar-refractivity contribution in [1.29, 1.82) is 0 Å². The van der Waals surface area contributed by atoms with Crippen LogP contribution in [0, 0.1) is 0 Å². The molecule has 0 radical (unpaired) electrons. The van der Waals surface area contributed by atoms with E-state index in [9.17, 15) is 22.8 Å². The number of halogens is 3. The topological polar surface area (TPSA) is 79.3 Å². The molecule has 1 amide bonds. The lowest BCUT2D eigenvalue weighted by atomic mass is 10.1. The van der Waals surface area contributed by atoms with Crippen molar-refractivity contribution in [2.75, 3.05) is 6.54 Å². The highest BCUT2D eigenvalue weighted by Gasteiger charge is 2.30. The number of alkyl halides is 3. The molecule has 0 aliphatic carbocycles. The predicted molar refractivity (Wildman–Crippen MR) is 76.9 cm³/mol. The minimum Gasteiger partial charge on any atom is -0.480 e. The number of aromatic nitrogens is 1. The standard InChI is InChI=1S/C14H11F3N2O3S/c15-14(16,17)9-3-1-2-8(4-9)13-19-10(7-23-13)5-11(20)18-6-12(21)22/h1-4,7H,5-6H2,(H,18,20)(H,21,22). The van der Waals surface area contributed by atoms with E-state index in [2.05, 4.69) is 10.3 Å². The van der Waals surface area contributed by atoms with Crippen molar-refractivity contribution < 1.29 is 27.9 Å². The van der Waals surface area contributed by atoms with E-state index in [1.807, 2.05) is 0 Å². The number of carbonyl (C=O) groups is 2. The van der Waals surface area contributed by atoms with E-state index >= 15 is 0 Å². The summed E-state index contributed by atoms with van der Waals surface area (Å²) in [6.07, 6.45) is -4.57. The van der Waals surface area contributed by atoms with Gasteiger partial charge in [-0.15, -0.1) is 11.3 Å². The zero-order chi connectivity index (χ0) is 17.0. The van der Waals surface area contributed by atoms with Gasteiger partial charge in [-0.3, -0.25) is 9.59 Å². The molecule has 2 N–H and O–H groups in total. The van der Waals surface area contributed by atoms with Crippen molar-refractivity contribution >= 4 is 23.2 Å². The number of thiazole rings is 1. The summed E-state index contributed by atoms with van der Waals surface area (Å²) in [6, 6.07) is 4.76. The molecule has 5 nitrogen and oxygen atoms in total. The third-order valence-corrected chi connectivity index (χ3v) is 3.71. The third kappa shape index (κ3) is 4.78. The maximum atomic E-state index is 12.7. The van der Waals surface area contributed by atoms with Crippen LogP contribution in [0.1, 0.15) is 11.3 Å². The van der Waals surface area contributed by atoms with Crippen LogP contribution in [0.15, 0.2) is 29.6 Å². The van der Waals surface area contributed by atoms with Gasteiger partial charge in [0.2, 0.25) is 5.91 Å². The molecule has 0 fully saturated rings. The van der Waals surface area contributed by atoms with Gasteiger partial charge in [-0.1, -0.05) is 12.1 Å². The number of rotatable bonds is 5. The molecule has 9 heteroatoms. The van der Waals surface area contributed by atoms with Crippen LogP contribution in [0.5, 0.6) is 0 Å². The van der Waals surface area contributed by atoms with E-state index in [1.165, 1.54) is 12.1 Å². The quantitative estimate of drug-likeness (QED) is 0.874. The highest BCUT2D eigenvalue weighted by Crippen LogP contribution is 2.33. The number of nitrogens with zero attached hydrogens (tertiary/aromatic N) is 1. The summed E-state index contributed by atoms with van der Waals surface area (Å²) >= 11 is 1.11. The average molecular weight is 344 g/mol. The molecule has 0 unspecified atom stereocenters. The largest absolute Gasteiger partial charge is 0.480 e. The number of benzene rings is 1. The van der Waals surface area contributed by atoms with Gasteiger partial charge >= 0.3 is 12.1 Å². The van der Waals surface area contributed by atoms with Gasteiger partial charge in [-0.2, -0.15) is 13.2 Å². The summed E-state index contributed by atoms with van der Waals surface area (Å²) in [6.45, 7) is -0.497. The Labute approximate surface area is 132 Å². The second-order valence-corrected chi connectivity index (χ2v) is 5.43. The second kappa shape index (κ2) is 6.78. The first-order chi connectivity index (χ1) is 10.8. The lowest BCUT2D eigenvalue weighted by molar-refractivity contribution is -0.138. The summed E-state index contributed by atoms with van der Waals surface area (Å²) in [5, 5.41) is 12.5. The first-order valence-electron chi connectivity index (χ1n) is 6.36. The Morgan fingerprint density at radius 1 is 1.30 bits per heavy atom. The van der Waals surface area contributed by atoms with Gasteiger partial charge in [-0.25, -0.2) is 4.98 Å². The van der Waals surface area contributed by atoms with Crippen LogP contribution in [-0.4, -0.2) is 28.5 Å². The van der Waals surface area contributed by atoms with Crippen molar-refractivity contribution in [3.63, 3.8) is 0 Å². The van der Waals surface area contributed by atoms with E-state index in [0.717, 1.165) is 23.5 Å². The van der Waals surface area contributed by atoms with Crippen molar-refractivity contribution in [3.05, 3.63) is 40.9 Å². The number of carboxylic acid groups (broad SMARTS) is 1. The Morgan fingerprint density at radius 3 is 2.70 bits per heavy atom. The Bertz CT molecular complexity index is 728. The molecule has 2 aromatic rings. The third-order valence-electron chi connectivity index (χ3n) is 2.77. The summed E-state index contributed by atoms with van der Waals surface area (Å²) < 4.78 is 38.1. The monoisotopic (exact) mass is 344 g/mol. The molecule has 1 aromatic carbocycles. The molecule has 0 aliphatic heterocycles. The Kier molecular flexibility index (Phi) is 4.99. The molecule has 23 heavy (non-hydrogen) atoms. The predicted octanol–water partition coefficient (Wildman–Crippen LogP) is 2.57. The molecule has 1 heterocycles. The van der Waals surface area contributed by atoms with Gasteiger partial charge < -0.3 is 10.4 Å². The molecule has 1 aromatic heterocycles. The Morgan fingerprint density at radius 2 is 2.04 bits per heavy atom. The molecule has 0 spiro atoms. The number of nitrogens with one attached hydrogen (secondary N) is 1. The fourth-order valence-electron chi connectivity index (χ4n) is 1.75. The lowest BCUT2D eigenvalue weighted by Crippen LogP contribution is -2.30. The number of carboxylic acids is 1. The minimum absolute atomic E-state index is 0.136. The van der Waals surface area contributed by atoms with E-state index in [0.29, 0.717) is 16.3 Å². The van der Waals surface area contributed by atoms with Crippen LogP contribution in [0.25, 0.3) is 10.6 Å². The van der Waals surface area contributed by atoms with Crippen LogP contribution in [0.2, 0.25) is 0 Å². The Hall–Kier alpha value is -2.42. The smallest absolute Gasteiger partial charge is 0.416 e. The average Bonchev–Trinajstić information content (AvgIpc) is 2.93. The van der Waals surface area contributed by atoms with Crippen LogP contribution in [0.4, 0.5) is 13.2 Å². The first-order valence-corrected chi connectivity index (χ1v) is 7.24. The van der Waals surface area contributed by atoms with Gasteiger partial charge in [0.25, 0.3) is 0 Å². The summed E-state index contributed by atoms with van der Waals surface area (Å²) in [7, 11) is 0. The van der Waals surface area contributed by atoms with Crippen molar-refractivity contribution in [2.24, 2.45) is 0 Å². The normalized spacial score (nSPS) is 11.3. The minimum atomic E-state index is -4.44. The molecule has 0 saturated heterocycles. The molecule has 122 valence electrons. The summed E-state index contributed by atoms with van der Waals surface area (Å²) in [5.74, 6) is -1.69. The number of hydrogen-bond acceptors (Lipinski definition) is 4. The molecular weight excluding hydrogens is 333 g/mol. The maximum Gasteiger partial charge on any atom is 0.416 e. The second-order valence-electron chi connectivity index (χ2n) is 4.57. The first kappa shape index (κ1) is 16.9. The van der Waals surface area contributed by atoms with Crippen LogP contribution in [0.3, 0.4) is 0 Å². The van der Waals surface area contributed by atoms with Crippen LogP contribution in [-0.2, 0) is 22.2 Å². The molecule has 0 atom stereocenters. The number of hydrogen-bond donors (Lipinski definition) is 2. The molecule has 0 bridgehead atoms. The fraction of sp³-hybridized carbons (Fsp3) is 0.214. The fourth-order valence-corrected chi connectivity index (χ4v) is 2.57. The van der Waals surface area contributed by atoms with Crippen LogP contribution >= 0.6 is 11.3 Å². The maximum absolute atomic E-state index is 12.7. The van der Waals surface area contributed by atoms with Gasteiger partial charge in [0, 0.05) is 10.9 Å². The van der Waals surface area contributed by atoms with Crippen molar-refractivity contribution in [2.45, 2.75) is 12.6 Å². The number of carbonyl (C=O) groups excluding carboxylic acids is 1. The van der Waals surface area contributed by atoms with Gasteiger partial charge in [-0.05, 0) is 12.1 Å². The van der Waals surface area contributed by atoms with Crippen molar-refractivity contribution in [3.8, 4) is 10.6 Å². The van der Waals surface area contributed by atoms with Crippen LogP contribution < -0.4 is 5.32 Å². The Balaban J connectivity index is 2.10. The molecule has 0 aliphatic rings. The zero-order valence-electron chi connectivity index (χ0n) is 11.6. The number of aliphatic carboxylic acids is 1. The molecular formula is C14H11F3N2O3S. The highest BCUT2D eigenvalue weighted by atomic mass is 32.1. The summed E-state index contributed by atoms with van der Waals surface area (Å²) in [5.41, 5.74) is -0.0988. The van der Waals surface area contributed by atoms with Gasteiger partial charge in [0.1, 0.15) is 11.6 Å². The SMILES string of the molecule is O=C(O)CNC(=O)Cc1csc(-c2cccc(C(F)(F)F)c2)n1. The lowest BCUT2D eigenvalue weighted by Gasteiger charge is -2.07. The van der Waals surface area contributed by atoms with E-state index in [4.69, 9.17) is 5.11 Å². The van der Waals surface area contributed by atoms with E-state index in [-0.39, 0.29) is 6.42 Å². The van der Waals surface area contributed by atoms with Gasteiger partial charge in [0.15, 0.2) is 0 Å². The van der Waals surface area contributed by atoms with Crippen molar-refractivity contribution in [1.82, 2.24) is 10.3 Å². The van der Waals surface area contributed by atoms with Gasteiger partial charge in [0.05, 0.1) is 17.7 Å². The summed E-state index contributed by atoms with van der Waals surface area (Å²) in [4.78, 5) is 25.9.